The first-order valence-corrected chi connectivity index (χ1v) is 16.6. The number of benzene rings is 1. The maximum absolute atomic E-state index is 11.9. The van der Waals surface area contributed by atoms with Gasteiger partial charge in [-0.2, -0.15) is 0 Å². The number of carboxylic acid groups (broad SMARTS) is 1. The number of carbonyl (C=O) groups excluding carboxylic acids is 2. The van der Waals surface area contributed by atoms with Gasteiger partial charge in [0.15, 0.2) is 0 Å². The Bertz CT molecular complexity index is 928. The van der Waals surface area contributed by atoms with Gasteiger partial charge in [0.05, 0.1) is 106 Å². The van der Waals surface area contributed by atoms with Crippen molar-refractivity contribution in [3.8, 4) is 0 Å². The molecule has 1 aromatic carbocycles. The van der Waals surface area contributed by atoms with Gasteiger partial charge in [-0.25, -0.2) is 9.59 Å². The lowest BCUT2D eigenvalue weighted by Crippen LogP contribution is -2.41. The minimum absolute atomic E-state index is 0.0476. The zero-order valence-corrected chi connectivity index (χ0v) is 28.8. The number of carbonyl (C=O) groups is 3. The molecule has 1 rings (SSSR count). The van der Waals surface area contributed by atoms with Gasteiger partial charge in [0.1, 0.15) is 19.3 Å². The molecule has 0 radical (unpaired) electrons. The van der Waals surface area contributed by atoms with Gasteiger partial charge in [0.25, 0.3) is 0 Å². The predicted octanol–water partition coefficient (Wildman–Crippen LogP) is 1.43. The monoisotopic (exact) mass is 704 g/mol. The lowest BCUT2D eigenvalue weighted by molar-refractivity contribution is -0.139. The lowest BCUT2D eigenvalue weighted by atomic mass is 10.1. The van der Waals surface area contributed by atoms with Crippen molar-refractivity contribution in [2.45, 2.75) is 31.9 Å². The highest BCUT2D eigenvalue weighted by Gasteiger charge is 2.20. The number of aliphatic carboxylic acids is 1. The Morgan fingerprint density at radius 2 is 1.08 bits per heavy atom. The summed E-state index contributed by atoms with van der Waals surface area (Å²) in [5.74, 6) is -1.43. The number of unbranched alkanes of at least 4 members (excludes halogenated alkanes) is 1. The molecule has 0 heterocycles. The van der Waals surface area contributed by atoms with Gasteiger partial charge >= 0.3 is 12.1 Å². The van der Waals surface area contributed by atoms with Gasteiger partial charge in [-0.15, -0.1) is 0 Å². The summed E-state index contributed by atoms with van der Waals surface area (Å²) in [6.07, 6.45) is 0.427. The van der Waals surface area contributed by atoms with Crippen molar-refractivity contribution in [1.29, 1.82) is 0 Å². The fourth-order valence-corrected chi connectivity index (χ4v) is 3.76. The van der Waals surface area contributed by atoms with Crippen LogP contribution in [-0.2, 0) is 63.6 Å². The first-order chi connectivity index (χ1) is 24.0. The highest BCUT2D eigenvalue weighted by molar-refractivity contribution is 5.79. The van der Waals surface area contributed by atoms with Gasteiger partial charge in [0.2, 0.25) is 5.91 Å². The highest BCUT2D eigenvalue weighted by atomic mass is 16.6. The fraction of sp³-hybridized carbons (Fsp3) is 0.727. The van der Waals surface area contributed by atoms with Crippen LogP contribution in [0, 0.1) is 0 Å². The second-order valence-corrected chi connectivity index (χ2v) is 10.3. The Kier molecular flexibility index (Phi) is 30.2. The van der Waals surface area contributed by atoms with Crippen LogP contribution in [0.25, 0.3) is 0 Å². The van der Waals surface area contributed by atoms with E-state index in [0.717, 1.165) is 5.56 Å². The van der Waals surface area contributed by atoms with E-state index in [1.165, 1.54) is 0 Å². The number of ether oxygens (including phenoxy) is 10. The molecule has 49 heavy (non-hydrogen) atoms. The van der Waals surface area contributed by atoms with E-state index >= 15 is 0 Å². The molecular formula is C33H56N2O14. The van der Waals surface area contributed by atoms with Gasteiger partial charge in [-0.05, 0) is 24.8 Å². The summed E-state index contributed by atoms with van der Waals surface area (Å²) < 4.78 is 53.1. The molecule has 1 atom stereocenters. The number of hydrogen-bond donors (Lipinski definition) is 3. The third-order valence-electron chi connectivity index (χ3n) is 6.31. The number of hydrogen-bond acceptors (Lipinski definition) is 13. The summed E-state index contributed by atoms with van der Waals surface area (Å²) in [5.41, 5.74) is 0.798. The Hall–Kier alpha value is -2.93. The molecule has 0 aromatic heterocycles. The number of methoxy groups -OCH3 is 1. The molecule has 1 aromatic rings. The van der Waals surface area contributed by atoms with Crippen LogP contribution in [0.15, 0.2) is 30.3 Å². The van der Waals surface area contributed by atoms with E-state index in [0.29, 0.717) is 118 Å². The van der Waals surface area contributed by atoms with Gasteiger partial charge in [-0.1, -0.05) is 30.3 Å². The average Bonchev–Trinajstić information content (AvgIpc) is 3.10. The molecule has 2 amide bonds. The number of amides is 2. The van der Waals surface area contributed by atoms with Crippen LogP contribution in [0.5, 0.6) is 0 Å². The predicted molar refractivity (Wildman–Crippen MR) is 176 cm³/mol. The smallest absolute Gasteiger partial charge is 0.408 e. The molecule has 16 nitrogen and oxygen atoms in total. The van der Waals surface area contributed by atoms with Crippen molar-refractivity contribution in [2.75, 3.05) is 126 Å². The number of nitrogens with one attached hydrogen (secondary N) is 2. The van der Waals surface area contributed by atoms with Crippen molar-refractivity contribution in [3.63, 3.8) is 0 Å². The molecule has 0 aliphatic carbocycles. The molecule has 3 N–H and O–H groups in total. The summed E-state index contributed by atoms with van der Waals surface area (Å²) in [6.45, 7) is 7.70. The third kappa shape index (κ3) is 29.7. The Morgan fingerprint density at radius 1 is 0.633 bits per heavy atom. The van der Waals surface area contributed by atoms with E-state index in [2.05, 4.69) is 10.6 Å². The summed E-state index contributed by atoms with van der Waals surface area (Å²) in [6, 6.07) is 8.00. The van der Waals surface area contributed by atoms with Crippen molar-refractivity contribution < 1.29 is 66.9 Å². The molecule has 0 saturated heterocycles. The molecule has 0 bridgehead atoms. The van der Waals surface area contributed by atoms with Crippen LogP contribution in [0.3, 0.4) is 0 Å². The van der Waals surface area contributed by atoms with Crippen molar-refractivity contribution in [3.05, 3.63) is 35.9 Å². The average molecular weight is 705 g/mol. The summed E-state index contributed by atoms with van der Waals surface area (Å²) in [7, 11) is 1.63. The van der Waals surface area contributed by atoms with Gasteiger partial charge in [0, 0.05) is 13.7 Å². The third-order valence-corrected chi connectivity index (χ3v) is 6.31. The highest BCUT2D eigenvalue weighted by Crippen LogP contribution is 2.04. The van der Waals surface area contributed by atoms with E-state index in [4.69, 9.17) is 47.4 Å². The summed E-state index contributed by atoms with van der Waals surface area (Å²) in [4.78, 5) is 35.3. The lowest BCUT2D eigenvalue weighted by Gasteiger charge is -2.14. The largest absolute Gasteiger partial charge is 0.480 e. The van der Waals surface area contributed by atoms with Crippen molar-refractivity contribution >= 4 is 18.0 Å². The molecule has 0 saturated carbocycles. The molecule has 1 unspecified atom stereocenters. The van der Waals surface area contributed by atoms with Crippen LogP contribution in [0.4, 0.5) is 4.79 Å². The normalized spacial score (nSPS) is 11.7. The van der Waals surface area contributed by atoms with Crippen LogP contribution in [0.1, 0.15) is 24.8 Å². The first kappa shape index (κ1) is 44.1. The number of rotatable bonds is 35. The molecule has 282 valence electrons. The molecule has 16 heteroatoms. The standard InChI is InChI=1S/C33H56N2O14/c1-40-11-12-41-13-14-42-15-16-43-17-18-44-19-20-45-21-22-46-23-24-47-25-26-48-28-31(36)34-10-6-5-9-30(32(37)38)35-33(39)49-27-29-7-3-2-4-8-29/h2-4,7-8,30H,5-6,9-28H2,1H3,(H,34,36)(H,35,39)(H,37,38). The number of alkyl carbamates (subject to hydrolysis) is 1. The van der Waals surface area contributed by atoms with Crippen molar-refractivity contribution in [1.82, 2.24) is 10.6 Å². The molecular weight excluding hydrogens is 648 g/mol. The van der Waals surface area contributed by atoms with Crippen LogP contribution in [-0.4, -0.2) is 155 Å². The molecule has 0 spiro atoms. The van der Waals surface area contributed by atoms with Crippen LogP contribution in [0.2, 0.25) is 0 Å². The topological polar surface area (TPSA) is 188 Å². The van der Waals surface area contributed by atoms with E-state index in [1.807, 2.05) is 18.2 Å². The maximum atomic E-state index is 11.9. The molecule has 0 aliphatic heterocycles. The Morgan fingerprint density at radius 3 is 1.53 bits per heavy atom. The summed E-state index contributed by atoms with van der Waals surface area (Å²) >= 11 is 0. The second-order valence-electron chi connectivity index (χ2n) is 10.3. The van der Waals surface area contributed by atoms with E-state index in [-0.39, 0.29) is 32.1 Å². The second kappa shape index (κ2) is 33.6. The van der Waals surface area contributed by atoms with E-state index in [9.17, 15) is 19.5 Å². The van der Waals surface area contributed by atoms with E-state index < -0.39 is 18.1 Å². The fourth-order valence-electron chi connectivity index (χ4n) is 3.76. The molecule has 0 fully saturated rings. The summed E-state index contributed by atoms with van der Waals surface area (Å²) in [5, 5.41) is 14.4. The SMILES string of the molecule is COCCOCCOCCOCCOCCOCCOCCOCCOCC(=O)NCCCCC(NC(=O)OCc1ccccc1)C(=O)O. The zero-order chi connectivity index (χ0) is 35.5. The quantitative estimate of drug-likeness (QED) is 0.0861. The van der Waals surface area contributed by atoms with Crippen LogP contribution >= 0.6 is 0 Å². The van der Waals surface area contributed by atoms with E-state index in [1.54, 1.807) is 19.2 Å². The first-order valence-electron chi connectivity index (χ1n) is 16.6. The van der Waals surface area contributed by atoms with Crippen LogP contribution < -0.4 is 10.6 Å². The Balaban J connectivity index is 1.80. The molecule has 0 aliphatic rings. The number of carboxylic acids is 1. The van der Waals surface area contributed by atoms with Gasteiger partial charge in [-0.3, -0.25) is 4.79 Å². The zero-order valence-electron chi connectivity index (χ0n) is 28.8. The van der Waals surface area contributed by atoms with Gasteiger partial charge < -0.3 is 63.1 Å². The van der Waals surface area contributed by atoms with Crippen molar-refractivity contribution in [2.24, 2.45) is 0 Å². The Labute approximate surface area is 289 Å². The minimum Gasteiger partial charge on any atom is -0.480 e. The minimum atomic E-state index is -1.15. The maximum Gasteiger partial charge on any atom is 0.408 e.